The van der Waals surface area contributed by atoms with Crippen LogP contribution in [0, 0.1) is 0 Å². The van der Waals surface area contributed by atoms with E-state index < -0.39 is 23.2 Å². The van der Waals surface area contributed by atoms with Crippen LogP contribution in [-0.2, 0) is 23.2 Å². The Bertz CT molecular complexity index is 1150. The van der Waals surface area contributed by atoms with Crippen molar-refractivity contribution >= 4 is 0 Å². The van der Waals surface area contributed by atoms with E-state index in [1.807, 2.05) is 12.1 Å². The Morgan fingerprint density at radius 2 is 1.03 bits per heavy atom. The fraction of sp³-hybridized carbons (Fsp3) is 0.0667. The smallest absolute Gasteiger partial charge is 0.0623 e. The Kier molecular flexibility index (Phi) is 8.11. The zero-order valence-corrected chi connectivity index (χ0v) is 20.7. The molecule has 0 fully saturated rings. The van der Waals surface area contributed by atoms with Gasteiger partial charge >= 0.3 is 126 Å². The van der Waals surface area contributed by atoms with E-state index in [4.69, 9.17) is 0 Å². The molecular formula is C30H24O2Zr. The third kappa shape index (κ3) is 6.21. The van der Waals surface area contributed by atoms with Crippen molar-refractivity contribution in [1.29, 1.82) is 0 Å². The van der Waals surface area contributed by atoms with Crippen LogP contribution >= 0.6 is 0 Å². The number of fused-ring (bicyclic) bond motifs is 3. The first-order valence-corrected chi connectivity index (χ1v) is 13.6. The van der Waals surface area contributed by atoms with Gasteiger partial charge in [0.1, 0.15) is 0 Å². The van der Waals surface area contributed by atoms with Gasteiger partial charge in [-0.05, 0) is 0 Å². The summed E-state index contributed by atoms with van der Waals surface area (Å²) in [5.41, 5.74) is 6.08. The van der Waals surface area contributed by atoms with Gasteiger partial charge in [-0.2, -0.15) is 0 Å². The first-order chi connectivity index (χ1) is 16.2. The van der Waals surface area contributed by atoms with Crippen molar-refractivity contribution in [2.24, 2.45) is 0 Å². The molecule has 0 saturated carbocycles. The number of benzene rings is 4. The predicted octanol–water partition coefficient (Wildman–Crippen LogP) is 6.20. The Morgan fingerprint density at radius 1 is 0.576 bits per heavy atom. The molecule has 6 rings (SSSR count). The Morgan fingerprint density at radius 3 is 1.42 bits per heavy atom. The van der Waals surface area contributed by atoms with E-state index >= 15 is 0 Å². The average Bonchev–Trinajstić information content (AvgIpc) is 3.48. The van der Waals surface area contributed by atoms with E-state index in [2.05, 4.69) is 66.8 Å². The van der Waals surface area contributed by atoms with Crippen molar-refractivity contribution in [3.8, 4) is 22.6 Å². The fourth-order valence-corrected chi connectivity index (χ4v) is 7.86. The van der Waals surface area contributed by atoms with Gasteiger partial charge < -0.3 is 10.2 Å². The number of rotatable bonds is 2. The third-order valence-corrected chi connectivity index (χ3v) is 9.48. The minimum atomic E-state index is -0.570. The molecule has 0 bridgehead atoms. The maximum atomic E-state index is 10.3. The number of hydrogen-bond donors (Lipinski definition) is 0. The average molecular weight is 508 g/mol. The molecule has 2 aliphatic carbocycles. The van der Waals surface area contributed by atoms with Crippen molar-refractivity contribution in [3.63, 3.8) is 0 Å². The molecule has 160 valence electrons. The topological polar surface area (TPSA) is 46.1 Å². The first kappa shape index (κ1) is 23.0. The van der Waals surface area contributed by atoms with Gasteiger partial charge in [-0.25, -0.2) is 0 Å². The molecule has 0 aromatic heterocycles. The van der Waals surface area contributed by atoms with Crippen LogP contribution in [0.15, 0.2) is 131 Å². The molecule has 0 aliphatic heterocycles. The van der Waals surface area contributed by atoms with Crippen molar-refractivity contribution in [2.75, 3.05) is 0 Å². The second-order valence-electron chi connectivity index (χ2n) is 7.70. The molecule has 0 heterocycles. The van der Waals surface area contributed by atoms with Crippen LogP contribution in [-0.4, -0.2) is 0 Å². The zero-order chi connectivity index (χ0) is 22.9. The van der Waals surface area contributed by atoms with Crippen LogP contribution in [0.3, 0.4) is 0 Å². The van der Waals surface area contributed by atoms with Crippen LogP contribution < -0.4 is 10.2 Å². The molecule has 0 atom stereocenters. The number of hydrogen-bond acceptors (Lipinski definition) is 2. The molecular weight excluding hydrogens is 484 g/mol. The minimum Gasteiger partial charge on any atom is -0.872 e. The largest absolute Gasteiger partial charge is 0.872 e. The van der Waals surface area contributed by atoms with Crippen LogP contribution in [0.2, 0.25) is 0 Å². The molecule has 4 aromatic carbocycles. The summed E-state index contributed by atoms with van der Waals surface area (Å²) < 4.78 is 2.43. The molecule has 0 radical (unpaired) electrons. The Balaban J connectivity index is 0.000000152. The maximum absolute atomic E-state index is 10.3. The SMILES string of the molecule is C1=CC[C]([Zr+2][CH]2c3ccccc3-c3ccccc32)=C1.[O-]c1ccccc1.[O-]c1ccccc1. The molecule has 4 aromatic rings. The maximum Gasteiger partial charge on any atom is -0.0623 e. The van der Waals surface area contributed by atoms with Crippen molar-refractivity contribution in [1.82, 2.24) is 0 Å². The summed E-state index contributed by atoms with van der Waals surface area (Å²) >= 11 is -0.570. The van der Waals surface area contributed by atoms with Gasteiger partial charge in [0, 0.05) is 0 Å². The van der Waals surface area contributed by atoms with Gasteiger partial charge in [0.15, 0.2) is 0 Å². The molecule has 0 unspecified atom stereocenters. The number of para-hydroxylation sites is 2. The molecule has 0 amide bonds. The molecule has 2 aliphatic rings. The standard InChI is InChI=1S/C13H9.2C6H6O.C5H5.Zr/c1-3-7-12-10(5-1)9-11-6-2-4-8-13(11)12;2*7-6-4-2-1-3-5-6;1-2-4-5-3-1;/h1-9H;2*1-5,7H;1-3H,4H2;/q;;;;+2/p-2. The predicted molar refractivity (Wildman–Crippen MR) is 127 cm³/mol. The van der Waals surface area contributed by atoms with Crippen LogP contribution in [0.4, 0.5) is 0 Å². The van der Waals surface area contributed by atoms with Gasteiger partial charge in [-0.3, -0.25) is 0 Å². The first-order valence-electron chi connectivity index (χ1n) is 11.0. The van der Waals surface area contributed by atoms with Gasteiger partial charge in [0.25, 0.3) is 0 Å². The van der Waals surface area contributed by atoms with Gasteiger partial charge in [-0.1, -0.05) is 60.7 Å². The van der Waals surface area contributed by atoms with Crippen LogP contribution in [0.1, 0.15) is 21.2 Å². The second-order valence-corrected chi connectivity index (χ2v) is 11.4. The van der Waals surface area contributed by atoms with Crippen LogP contribution in [0.5, 0.6) is 11.5 Å². The summed E-state index contributed by atoms with van der Waals surface area (Å²) in [6.07, 6.45) is 8.08. The van der Waals surface area contributed by atoms with E-state index in [0.29, 0.717) is 3.63 Å². The molecule has 0 N–H and O–H groups in total. The summed E-state index contributed by atoms with van der Waals surface area (Å²) in [4.78, 5) is 0. The van der Waals surface area contributed by atoms with Crippen molar-refractivity contribution in [3.05, 3.63) is 142 Å². The fourth-order valence-electron chi connectivity index (χ4n) is 3.89. The van der Waals surface area contributed by atoms with E-state index in [9.17, 15) is 10.2 Å². The summed E-state index contributed by atoms with van der Waals surface area (Å²) in [7, 11) is 0. The van der Waals surface area contributed by atoms with Crippen molar-refractivity contribution in [2.45, 2.75) is 10.0 Å². The molecule has 33 heavy (non-hydrogen) atoms. The quantitative estimate of drug-likeness (QED) is 0.324. The number of allylic oxidation sites excluding steroid dienone is 4. The van der Waals surface area contributed by atoms with Gasteiger partial charge in [0.05, 0.1) is 0 Å². The molecule has 2 nitrogen and oxygen atoms in total. The van der Waals surface area contributed by atoms with Gasteiger partial charge in [-0.15, -0.1) is 11.5 Å². The zero-order valence-electron chi connectivity index (χ0n) is 18.2. The Hall–Kier alpha value is -3.16. The monoisotopic (exact) mass is 506 g/mol. The Labute approximate surface area is 207 Å². The minimum absolute atomic E-state index is 0.0718. The van der Waals surface area contributed by atoms with E-state index in [-0.39, 0.29) is 11.5 Å². The molecule has 3 heteroatoms. The van der Waals surface area contributed by atoms with Crippen molar-refractivity contribution < 1.29 is 33.4 Å². The molecule has 0 spiro atoms. The van der Waals surface area contributed by atoms with Gasteiger partial charge in [0.2, 0.25) is 0 Å². The second kappa shape index (κ2) is 11.6. The van der Waals surface area contributed by atoms with E-state index in [1.54, 1.807) is 38.7 Å². The summed E-state index contributed by atoms with van der Waals surface area (Å²) in [5, 5.41) is 20.5. The summed E-state index contributed by atoms with van der Waals surface area (Å²) in [6.45, 7) is 0. The third-order valence-electron chi connectivity index (χ3n) is 5.42. The summed E-state index contributed by atoms with van der Waals surface area (Å²) in [6, 6.07) is 34.6. The van der Waals surface area contributed by atoms with Crippen LogP contribution in [0.25, 0.3) is 11.1 Å². The van der Waals surface area contributed by atoms with E-state index in [0.717, 1.165) is 0 Å². The molecule has 0 saturated heterocycles. The normalized spacial score (nSPS) is 12.8. The van der Waals surface area contributed by atoms with E-state index in [1.165, 1.54) is 41.8 Å². The summed E-state index contributed by atoms with van der Waals surface area (Å²) in [5.74, 6) is 0.144.